The zero-order valence-electron chi connectivity index (χ0n) is 21.3. The largest absolute Gasteiger partial charge is 0.256 e. The summed E-state index contributed by atoms with van der Waals surface area (Å²) in [4.78, 5) is 4.49. The number of pyridine rings is 1. The average Bonchev–Trinajstić information content (AvgIpc) is 3.29. The highest BCUT2D eigenvalue weighted by Crippen LogP contribution is 2.63. The summed E-state index contributed by atoms with van der Waals surface area (Å²) >= 11 is 0. The number of nitrogens with zero attached hydrogens (tertiary/aromatic N) is 1. The summed E-state index contributed by atoms with van der Waals surface area (Å²) in [7, 11) is 0. The van der Waals surface area contributed by atoms with Gasteiger partial charge in [0.25, 0.3) is 0 Å². The van der Waals surface area contributed by atoms with Crippen molar-refractivity contribution in [2.45, 2.75) is 38.5 Å². The zero-order chi connectivity index (χ0) is 24.7. The molecular weight excluding hydrogens is 434 g/mol. The number of rotatable bonds is 2. The summed E-state index contributed by atoms with van der Waals surface area (Å²) in [6, 6.07) is 35.7. The molecule has 2 aliphatic carbocycles. The molecule has 0 saturated carbocycles. The minimum atomic E-state index is -0.0597. The molecule has 0 atom stereocenters. The number of hydrogen-bond donors (Lipinski definition) is 0. The van der Waals surface area contributed by atoms with E-state index in [4.69, 9.17) is 0 Å². The fourth-order valence-electron chi connectivity index (χ4n) is 6.64. The van der Waals surface area contributed by atoms with Gasteiger partial charge in [0.1, 0.15) is 0 Å². The Morgan fingerprint density at radius 1 is 0.500 bits per heavy atom. The van der Waals surface area contributed by atoms with E-state index in [0.29, 0.717) is 0 Å². The van der Waals surface area contributed by atoms with Gasteiger partial charge in [0, 0.05) is 22.4 Å². The summed E-state index contributed by atoms with van der Waals surface area (Å²) in [5.41, 5.74) is 14.7. The summed E-state index contributed by atoms with van der Waals surface area (Å²) in [6.07, 6.45) is 1.86. The summed E-state index contributed by atoms with van der Waals surface area (Å²) in [5.74, 6) is 0. The van der Waals surface area contributed by atoms with E-state index < -0.39 is 0 Å². The van der Waals surface area contributed by atoms with Crippen molar-refractivity contribution in [3.63, 3.8) is 0 Å². The first-order valence-corrected chi connectivity index (χ1v) is 12.8. The molecule has 0 aliphatic heterocycles. The van der Waals surface area contributed by atoms with E-state index >= 15 is 0 Å². The van der Waals surface area contributed by atoms with Crippen LogP contribution >= 0.6 is 0 Å². The van der Waals surface area contributed by atoms with E-state index in [0.717, 1.165) is 5.52 Å². The third-order valence-corrected chi connectivity index (χ3v) is 8.47. The number of hydrogen-bond acceptors (Lipinski definition) is 1. The first kappa shape index (κ1) is 21.3. The first-order valence-electron chi connectivity index (χ1n) is 12.8. The number of fused-ring (bicyclic) bond motifs is 5. The van der Waals surface area contributed by atoms with Crippen LogP contribution in [0.4, 0.5) is 0 Å². The van der Waals surface area contributed by atoms with Gasteiger partial charge in [-0.1, -0.05) is 94.4 Å². The highest BCUT2D eigenvalue weighted by atomic mass is 14.6. The Balaban J connectivity index is 1.35. The van der Waals surface area contributed by atoms with Gasteiger partial charge in [-0.3, -0.25) is 4.98 Å². The van der Waals surface area contributed by atoms with Crippen LogP contribution in [0.15, 0.2) is 103 Å². The maximum absolute atomic E-state index is 4.49. The SMILES string of the molecule is CC1(C)C2=C(c3ccc(-c4ccccc4)cc31)C(C)(C)c1cc(-c3ccc4ncccc4c3)ccc12. The Morgan fingerprint density at radius 2 is 1.06 bits per heavy atom. The van der Waals surface area contributed by atoms with E-state index in [2.05, 4.69) is 124 Å². The topological polar surface area (TPSA) is 12.9 Å². The van der Waals surface area contributed by atoms with Crippen LogP contribution in [0.25, 0.3) is 44.3 Å². The van der Waals surface area contributed by atoms with Crippen molar-refractivity contribution in [3.05, 3.63) is 126 Å². The van der Waals surface area contributed by atoms with E-state index in [1.54, 1.807) is 0 Å². The third kappa shape index (κ3) is 2.86. The maximum Gasteiger partial charge on any atom is 0.0702 e. The quantitative estimate of drug-likeness (QED) is 0.254. The van der Waals surface area contributed by atoms with Gasteiger partial charge in [0.15, 0.2) is 0 Å². The van der Waals surface area contributed by atoms with Crippen molar-refractivity contribution in [2.24, 2.45) is 0 Å². The Bertz CT molecular complexity index is 1720. The Morgan fingerprint density at radius 3 is 1.69 bits per heavy atom. The van der Waals surface area contributed by atoms with Crippen LogP contribution in [0.1, 0.15) is 49.9 Å². The fourth-order valence-corrected chi connectivity index (χ4v) is 6.64. The molecule has 0 amide bonds. The smallest absolute Gasteiger partial charge is 0.0702 e. The van der Waals surface area contributed by atoms with Crippen LogP contribution in [0.2, 0.25) is 0 Å². The summed E-state index contributed by atoms with van der Waals surface area (Å²) in [5, 5.41) is 1.18. The number of allylic oxidation sites excluding steroid dienone is 2. The third-order valence-electron chi connectivity index (χ3n) is 8.47. The Labute approximate surface area is 213 Å². The molecule has 0 fully saturated rings. The molecule has 7 rings (SSSR count). The molecule has 0 unspecified atom stereocenters. The molecule has 0 bridgehead atoms. The van der Waals surface area contributed by atoms with E-state index in [1.807, 2.05) is 12.3 Å². The molecule has 1 heterocycles. The average molecular weight is 464 g/mol. The second-order valence-electron chi connectivity index (χ2n) is 11.3. The normalized spacial score (nSPS) is 16.7. The van der Waals surface area contributed by atoms with Gasteiger partial charge in [0.2, 0.25) is 0 Å². The predicted octanol–water partition coefficient (Wildman–Crippen LogP) is 9.06. The first-order chi connectivity index (χ1) is 17.4. The van der Waals surface area contributed by atoms with Gasteiger partial charge in [0.05, 0.1) is 5.52 Å². The lowest BCUT2D eigenvalue weighted by Gasteiger charge is -2.29. The summed E-state index contributed by atoms with van der Waals surface area (Å²) < 4.78 is 0. The van der Waals surface area contributed by atoms with E-state index in [-0.39, 0.29) is 10.8 Å². The molecule has 2 aliphatic rings. The monoisotopic (exact) mass is 463 g/mol. The van der Waals surface area contributed by atoms with Crippen molar-refractivity contribution < 1.29 is 0 Å². The molecule has 0 saturated heterocycles. The van der Waals surface area contributed by atoms with Crippen LogP contribution < -0.4 is 0 Å². The minimum absolute atomic E-state index is 0.0475. The molecule has 36 heavy (non-hydrogen) atoms. The van der Waals surface area contributed by atoms with Gasteiger partial charge in [-0.25, -0.2) is 0 Å². The maximum atomic E-state index is 4.49. The second-order valence-corrected chi connectivity index (χ2v) is 11.3. The van der Waals surface area contributed by atoms with Crippen LogP contribution in [-0.4, -0.2) is 4.98 Å². The predicted molar refractivity (Wildman–Crippen MR) is 152 cm³/mol. The molecule has 0 N–H and O–H groups in total. The Hall–Kier alpha value is -3.97. The second kappa shape index (κ2) is 7.27. The van der Waals surface area contributed by atoms with Crippen LogP contribution in [0.3, 0.4) is 0 Å². The van der Waals surface area contributed by atoms with Crippen molar-refractivity contribution in [1.82, 2.24) is 4.98 Å². The van der Waals surface area contributed by atoms with E-state index in [1.165, 1.54) is 61.0 Å². The van der Waals surface area contributed by atoms with Crippen molar-refractivity contribution >= 4 is 22.0 Å². The molecule has 1 heteroatoms. The summed E-state index contributed by atoms with van der Waals surface area (Å²) in [6.45, 7) is 9.60. The number of aromatic nitrogens is 1. The van der Waals surface area contributed by atoms with Gasteiger partial charge < -0.3 is 0 Å². The lowest BCUT2D eigenvalue weighted by molar-refractivity contribution is 0.694. The molecule has 1 aromatic heterocycles. The lowest BCUT2D eigenvalue weighted by atomic mass is 9.74. The molecule has 0 spiro atoms. The molecule has 1 nitrogen and oxygen atoms in total. The number of benzene rings is 4. The fraction of sp³-hybridized carbons (Fsp3) is 0.171. The highest BCUT2D eigenvalue weighted by Gasteiger charge is 2.49. The lowest BCUT2D eigenvalue weighted by Crippen LogP contribution is -2.19. The standard InChI is InChI=1S/C35H29N/c1-34(2)29-20-24(22-9-6-5-7-10-22)12-15-27(29)32-33(34)28-16-13-25(21-30(28)35(32,3)4)23-14-17-31-26(19-23)11-8-18-36-31/h5-21H,1-4H3. The molecule has 174 valence electrons. The Kier molecular flexibility index (Phi) is 4.31. The van der Waals surface area contributed by atoms with E-state index in [9.17, 15) is 0 Å². The zero-order valence-corrected chi connectivity index (χ0v) is 21.3. The molecule has 4 aromatic carbocycles. The van der Waals surface area contributed by atoms with Gasteiger partial charge in [-0.15, -0.1) is 0 Å². The van der Waals surface area contributed by atoms with Crippen molar-refractivity contribution in [3.8, 4) is 22.3 Å². The van der Waals surface area contributed by atoms with Crippen molar-refractivity contribution in [2.75, 3.05) is 0 Å². The molecule has 5 aromatic rings. The van der Waals surface area contributed by atoms with Crippen LogP contribution in [0.5, 0.6) is 0 Å². The van der Waals surface area contributed by atoms with Gasteiger partial charge in [-0.2, -0.15) is 0 Å². The molecular formula is C35H29N. The van der Waals surface area contributed by atoms with Crippen molar-refractivity contribution in [1.29, 1.82) is 0 Å². The van der Waals surface area contributed by atoms with Crippen LogP contribution in [-0.2, 0) is 10.8 Å². The highest BCUT2D eigenvalue weighted by molar-refractivity contribution is 6.10. The minimum Gasteiger partial charge on any atom is -0.256 e. The van der Waals surface area contributed by atoms with Gasteiger partial charge in [-0.05, 0) is 86.0 Å². The van der Waals surface area contributed by atoms with Crippen LogP contribution in [0, 0.1) is 0 Å². The van der Waals surface area contributed by atoms with Gasteiger partial charge >= 0.3 is 0 Å². The molecule has 0 radical (unpaired) electrons.